The molecule has 0 saturated heterocycles. The molecule has 1 N–H and O–H groups in total. The second-order valence-electron chi connectivity index (χ2n) is 4.96. The predicted octanol–water partition coefficient (Wildman–Crippen LogP) is 4.06. The summed E-state index contributed by atoms with van der Waals surface area (Å²) >= 11 is 0. The van der Waals surface area contributed by atoms with Crippen LogP contribution in [0.1, 0.15) is 21.6 Å². The molecule has 0 fully saturated rings. The van der Waals surface area contributed by atoms with Crippen LogP contribution >= 0.6 is 0 Å². The van der Waals surface area contributed by atoms with E-state index in [0.717, 1.165) is 11.1 Å². The average Bonchev–Trinajstić information content (AvgIpc) is 2.87. The first-order valence-electron chi connectivity index (χ1n) is 6.76. The van der Waals surface area contributed by atoms with E-state index < -0.39 is 5.97 Å². The van der Waals surface area contributed by atoms with Gasteiger partial charge in [0.1, 0.15) is 5.65 Å². The number of pyridine rings is 1. The summed E-state index contributed by atoms with van der Waals surface area (Å²) < 4.78 is 1.64. The molecule has 0 bridgehead atoms. The summed E-state index contributed by atoms with van der Waals surface area (Å²) in [6.07, 6.45) is 1.73. The van der Waals surface area contributed by atoms with Gasteiger partial charge in [-0.25, -0.2) is 9.78 Å². The first kappa shape index (κ1) is 13.9. The van der Waals surface area contributed by atoms with Crippen LogP contribution in [0.15, 0.2) is 52.8 Å². The Morgan fingerprint density at radius 3 is 2.55 bits per heavy atom. The van der Waals surface area contributed by atoms with Gasteiger partial charge in [0.15, 0.2) is 11.5 Å². The first-order valence-corrected chi connectivity index (χ1v) is 6.76. The Morgan fingerprint density at radius 2 is 1.82 bits per heavy atom. The Morgan fingerprint density at radius 1 is 1.09 bits per heavy atom. The maximum Gasteiger partial charge on any atom is 0.358 e. The number of carbonyl (C=O) groups is 1. The van der Waals surface area contributed by atoms with Gasteiger partial charge in [-0.1, -0.05) is 24.3 Å². The number of carboxylic acid groups (broad SMARTS) is 1. The highest BCUT2D eigenvalue weighted by atomic mass is 16.4. The molecule has 0 aliphatic carbocycles. The van der Waals surface area contributed by atoms with Crippen LogP contribution in [0.3, 0.4) is 0 Å². The third-order valence-electron chi connectivity index (χ3n) is 3.39. The van der Waals surface area contributed by atoms with Gasteiger partial charge in [-0.05, 0) is 37.1 Å². The van der Waals surface area contributed by atoms with Gasteiger partial charge < -0.3 is 5.11 Å². The van der Waals surface area contributed by atoms with Gasteiger partial charge in [0.2, 0.25) is 0 Å². The van der Waals surface area contributed by atoms with Crippen molar-refractivity contribution in [2.75, 3.05) is 0 Å². The summed E-state index contributed by atoms with van der Waals surface area (Å²) in [7, 11) is 0. The number of azo groups is 1. The van der Waals surface area contributed by atoms with E-state index in [9.17, 15) is 9.90 Å². The number of rotatable bonds is 3. The van der Waals surface area contributed by atoms with E-state index in [4.69, 9.17) is 0 Å². The molecule has 6 heteroatoms. The lowest BCUT2D eigenvalue weighted by Gasteiger charge is -1.99. The fraction of sp³-hybridized carbons (Fsp3) is 0.125. The third kappa shape index (κ3) is 2.35. The van der Waals surface area contributed by atoms with Crippen LogP contribution in [-0.4, -0.2) is 20.5 Å². The van der Waals surface area contributed by atoms with Crippen LogP contribution in [0.5, 0.6) is 0 Å². The lowest BCUT2D eigenvalue weighted by Crippen LogP contribution is -1.96. The Kier molecular flexibility index (Phi) is 3.42. The summed E-state index contributed by atoms with van der Waals surface area (Å²) in [6, 6.07) is 11.2. The Balaban J connectivity index is 2.17. The van der Waals surface area contributed by atoms with E-state index in [1.165, 1.54) is 0 Å². The Labute approximate surface area is 126 Å². The summed E-state index contributed by atoms with van der Waals surface area (Å²) in [5, 5.41) is 17.6. The van der Waals surface area contributed by atoms with E-state index >= 15 is 0 Å². The molecule has 0 radical (unpaired) electrons. The van der Waals surface area contributed by atoms with Crippen molar-refractivity contribution in [2.45, 2.75) is 13.8 Å². The maximum atomic E-state index is 11.4. The fourth-order valence-electron chi connectivity index (χ4n) is 2.21. The highest BCUT2D eigenvalue weighted by Crippen LogP contribution is 2.26. The van der Waals surface area contributed by atoms with Gasteiger partial charge in [0.25, 0.3) is 0 Å². The van der Waals surface area contributed by atoms with Crippen LogP contribution in [0.2, 0.25) is 0 Å². The number of carboxylic acids is 1. The lowest BCUT2D eigenvalue weighted by atomic mass is 10.2. The first-order chi connectivity index (χ1) is 10.6. The lowest BCUT2D eigenvalue weighted by molar-refractivity contribution is 0.0692. The van der Waals surface area contributed by atoms with E-state index in [2.05, 4.69) is 15.2 Å². The van der Waals surface area contributed by atoms with Crippen LogP contribution in [0.4, 0.5) is 11.5 Å². The Hall–Kier alpha value is -3.02. The van der Waals surface area contributed by atoms with Crippen LogP contribution in [-0.2, 0) is 0 Å². The van der Waals surface area contributed by atoms with E-state index in [1.54, 1.807) is 10.6 Å². The summed E-state index contributed by atoms with van der Waals surface area (Å²) in [5.74, 6) is -0.906. The van der Waals surface area contributed by atoms with E-state index in [-0.39, 0.29) is 11.5 Å². The molecule has 0 atom stereocenters. The SMILES string of the molecule is Cc1ccccc1N=Nc1c(C(=O)O)nc2c(C)cccn12. The van der Waals surface area contributed by atoms with Gasteiger partial charge >= 0.3 is 5.97 Å². The number of nitrogens with zero attached hydrogens (tertiary/aromatic N) is 4. The number of aryl methyl sites for hydroxylation is 2. The normalized spacial score (nSPS) is 11.4. The zero-order chi connectivity index (χ0) is 15.7. The number of aromatic carboxylic acids is 1. The highest BCUT2D eigenvalue weighted by Gasteiger charge is 2.19. The molecule has 1 aromatic carbocycles. The maximum absolute atomic E-state index is 11.4. The van der Waals surface area contributed by atoms with Crippen molar-refractivity contribution in [1.29, 1.82) is 0 Å². The summed E-state index contributed by atoms with van der Waals surface area (Å²) in [5.41, 5.74) is 3.00. The average molecular weight is 294 g/mol. The van der Waals surface area contributed by atoms with Gasteiger partial charge in [0, 0.05) is 6.20 Å². The van der Waals surface area contributed by atoms with Crippen LogP contribution < -0.4 is 0 Å². The van der Waals surface area contributed by atoms with E-state index in [0.29, 0.717) is 11.3 Å². The molecule has 0 spiro atoms. The van der Waals surface area contributed by atoms with E-state index in [1.807, 2.05) is 50.2 Å². The van der Waals surface area contributed by atoms with Crippen molar-refractivity contribution in [3.05, 3.63) is 59.4 Å². The summed E-state index contributed by atoms with van der Waals surface area (Å²) in [4.78, 5) is 15.6. The molecule has 0 aliphatic rings. The number of hydrogen-bond donors (Lipinski definition) is 1. The minimum atomic E-state index is -1.12. The number of benzene rings is 1. The number of fused-ring (bicyclic) bond motifs is 1. The second kappa shape index (κ2) is 5.40. The zero-order valence-corrected chi connectivity index (χ0v) is 12.2. The highest BCUT2D eigenvalue weighted by molar-refractivity contribution is 5.92. The molecule has 0 aliphatic heterocycles. The number of hydrogen-bond acceptors (Lipinski definition) is 4. The predicted molar refractivity (Wildman–Crippen MR) is 82.2 cm³/mol. The molecule has 0 saturated carbocycles. The smallest absolute Gasteiger partial charge is 0.358 e. The molecule has 6 nitrogen and oxygen atoms in total. The molecule has 0 amide bonds. The number of aromatic nitrogens is 2. The van der Waals surface area contributed by atoms with Crippen molar-refractivity contribution < 1.29 is 9.90 Å². The molecule has 110 valence electrons. The van der Waals surface area contributed by atoms with Crippen molar-refractivity contribution in [3.8, 4) is 0 Å². The van der Waals surface area contributed by atoms with Crippen molar-refractivity contribution in [1.82, 2.24) is 9.38 Å². The van der Waals surface area contributed by atoms with Gasteiger partial charge in [-0.3, -0.25) is 4.40 Å². The Bertz CT molecular complexity index is 896. The quantitative estimate of drug-likeness (QED) is 0.739. The van der Waals surface area contributed by atoms with Gasteiger partial charge in [-0.2, -0.15) is 0 Å². The third-order valence-corrected chi connectivity index (χ3v) is 3.39. The molecular formula is C16H14N4O2. The molecule has 2 aromatic heterocycles. The molecular weight excluding hydrogens is 280 g/mol. The fourth-order valence-corrected chi connectivity index (χ4v) is 2.21. The summed E-state index contributed by atoms with van der Waals surface area (Å²) in [6.45, 7) is 3.79. The van der Waals surface area contributed by atoms with Crippen molar-refractivity contribution in [3.63, 3.8) is 0 Å². The molecule has 3 aromatic rings. The second-order valence-corrected chi connectivity index (χ2v) is 4.96. The minimum absolute atomic E-state index is 0.105. The van der Waals surface area contributed by atoms with Gasteiger partial charge in [-0.15, -0.1) is 10.2 Å². The van der Waals surface area contributed by atoms with Gasteiger partial charge in [0.05, 0.1) is 5.69 Å². The van der Waals surface area contributed by atoms with Crippen molar-refractivity contribution in [2.24, 2.45) is 10.2 Å². The standard InChI is InChI=1S/C16H14N4O2/c1-10-6-3-4-8-12(10)18-19-15-13(16(21)22)17-14-11(2)7-5-9-20(14)15/h3-9H,1-2H3,(H,21,22). The van der Waals surface area contributed by atoms with Crippen molar-refractivity contribution >= 4 is 23.1 Å². The molecule has 22 heavy (non-hydrogen) atoms. The zero-order valence-electron chi connectivity index (χ0n) is 12.2. The number of imidazole rings is 1. The van der Waals surface area contributed by atoms with Crippen LogP contribution in [0, 0.1) is 13.8 Å². The monoisotopic (exact) mass is 294 g/mol. The van der Waals surface area contributed by atoms with Crippen LogP contribution in [0.25, 0.3) is 5.65 Å². The molecule has 2 heterocycles. The largest absolute Gasteiger partial charge is 0.476 e. The molecule has 0 unspecified atom stereocenters. The topological polar surface area (TPSA) is 79.3 Å². The minimum Gasteiger partial charge on any atom is -0.476 e. The molecule has 3 rings (SSSR count).